The van der Waals surface area contributed by atoms with Gasteiger partial charge in [0.2, 0.25) is 0 Å². The van der Waals surface area contributed by atoms with Crippen molar-refractivity contribution in [1.82, 2.24) is 5.43 Å². The largest absolute Gasteiger partial charge is 0.462 e. The van der Waals surface area contributed by atoms with E-state index in [-0.39, 0.29) is 16.5 Å². The number of halogens is 9. The van der Waals surface area contributed by atoms with Gasteiger partial charge in [-0.1, -0.05) is 23.2 Å². The highest BCUT2D eigenvalue weighted by molar-refractivity contribution is 6.36. The van der Waals surface area contributed by atoms with Crippen molar-refractivity contribution in [2.24, 2.45) is 5.10 Å². The normalized spacial score (nSPS) is 13.4. The zero-order chi connectivity index (χ0) is 19.8. The number of hydrogen-bond donors (Lipinski definition) is 1. The van der Waals surface area contributed by atoms with E-state index in [9.17, 15) is 30.7 Å². The number of hydrogen-bond acceptors (Lipinski definition) is 3. The highest BCUT2D eigenvalue weighted by Gasteiger charge is 2.73. The minimum Gasteiger partial charge on any atom is -0.455 e. The first-order valence-corrected chi connectivity index (χ1v) is 7.28. The van der Waals surface area contributed by atoms with Crippen molar-refractivity contribution in [3.8, 4) is 11.3 Å². The summed E-state index contributed by atoms with van der Waals surface area (Å²) in [6.45, 7) is 0. The van der Waals surface area contributed by atoms with Crippen molar-refractivity contribution in [2.75, 3.05) is 0 Å². The van der Waals surface area contributed by atoms with E-state index in [1.54, 1.807) is 0 Å². The maximum absolute atomic E-state index is 13.0. The molecule has 142 valence electrons. The van der Waals surface area contributed by atoms with Crippen LogP contribution in [0.4, 0.5) is 30.7 Å². The Balaban J connectivity index is 2.14. The van der Waals surface area contributed by atoms with Gasteiger partial charge in [-0.25, -0.2) is 5.43 Å². The van der Waals surface area contributed by atoms with Crippen LogP contribution in [0.3, 0.4) is 0 Å². The van der Waals surface area contributed by atoms with Gasteiger partial charge in [0, 0.05) is 10.6 Å². The Morgan fingerprint density at radius 3 is 2.19 bits per heavy atom. The zero-order valence-electron chi connectivity index (χ0n) is 12.2. The van der Waals surface area contributed by atoms with Gasteiger partial charge in [-0.15, -0.1) is 0 Å². The molecule has 1 aromatic heterocycles. The third-order valence-corrected chi connectivity index (χ3v) is 3.52. The average Bonchev–Trinajstić information content (AvgIpc) is 2.94. The Morgan fingerprint density at radius 2 is 1.62 bits per heavy atom. The Bertz CT molecular complexity index is 818. The Labute approximate surface area is 151 Å². The van der Waals surface area contributed by atoms with Crippen LogP contribution in [-0.2, 0) is 0 Å². The second-order valence-electron chi connectivity index (χ2n) is 4.84. The number of furan rings is 1. The van der Waals surface area contributed by atoms with E-state index in [0.29, 0.717) is 22.2 Å². The summed E-state index contributed by atoms with van der Waals surface area (Å²) in [4.78, 5) is 0. The van der Waals surface area contributed by atoms with E-state index in [0.717, 1.165) is 0 Å². The SMILES string of the molecule is FC(F)(F)C(F)(F)C(F)(F)N/N=C\c1ccc(-c2ccc(Cl)cc2Cl)o1. The van der Waals surface area contributed by atoms with Crippen LogP contribution in [-0.4, -0.2) is 24.4 Å². The summed E-state index contributed by atoms with van der Waals surface area (Å²) < 4.78 is 92.5. The molecule has 3 nitrogen and oxygen atoms in total. The molecule has 1 heterocycles. The van der Waals surface area contributed by atoms with Crippen molar-refractivity contribution in [1.29, 1.82) is 0 Å². The lowest BCUT2D eigenvalue weighted by molar-refractivity contribution is -0.361. The number of nitrogens with zero attached hydrogens (tertiary/aromatic N) is 1. The van der Waals surface area contributed by atoms with Crippen molar-refractivity contribution in [2.45, 2.75) is 18.1 Å². The van der Waals surface area contributed by atoms with Gasteiger partial charge in [-0.3, -0.25) is 0 Å². The lowest BCUT2D eigenvalue weighted by atomic mass is 10.2. The van der Waals surface area contributed by atoms with Gasteiger partial charge in [-0.2, -0.15) is 35.8 Å². The Hall–Kier alpha value is -1.94. The van der Waals surface area contributed by atoms with E-state index in [1.165, 1.54) is 30.3 Å². The van der Waals surface area contributed by atoms with Crippen molar-refractivity contribution in [3.63, 3.8) is 0 Å². The van der Waals surface area contributed by atoms with Gasteiger partial charge < -0.3 is 4.42 Å². The predicted octanol–water partition coefficient (Wildman–Crippen LogP) is 5.97. The summed E-state index contributed by atoms with van der Waals surface area (Å²) in [5.41, 5.74) is 0.871. The summed E-state index contributed by atoms with van der Waals surface area (Å²) in [5, 5.41) is 3.25. The lowest BCUT2D eigenvalue weighted by Crippen LogP contribution is -2.58. The molecular formula is C14H7Cl2F7N2O. The van der Waals surface area contributed by atoms with Crippen LogP contribution in [0.25, 0.3) is 11.3 Å². The first-order valence-electron chi connectivity index (χ1n) is 6.53. The number of benzene rings is 1. The number of rotatable bonds is 5. The van der Waals surface area contributed by atoms with E-state index < -0.39 is 18.1 Å². The summed E-state index contributed by atoms with van der Waals surface area (Å²) in [6, 6.07) is 1.33. The van der Waals surface area contributed by atoms with Gasteiger partial charge in [0.05, 0.1) is 11.2 Å². The molecule has 0 radical (unpaired) electrons. The van der Waals surface area contributed by atoms with Crippen LogP contribution < -0.4 is 5.43 Å². The van der Waals surface area contributed by atoms with E-state index in [4.69, 9.17) is 27.6 Å². The van der Waals surface area contributed by atoms with E-state index in [2.05, 4.69) is 5.10 Å². The van der Waals surface area contributed by atoms with E-state index >= 15 is 0 Å². The molecule has 0 spiro atoms. The lowest BCUT2D eigenvalue weighted by Gasteiger charge is -2.27. The van der Waals surface area contributed by atoms with Crippen LogP contribution in [0.1, 0.15) is 5.76 Å². The van der Waals surface area contributed by atoms with Gasteiger partial charge in [0.15, 0.2) is 0 Å². The molecule has 0 saturated carbocycles. The van der Waals surface area contributed by atoms with Crippen LogP contribution >= 0.6 is 23.2 Å². The summed E-state index contributed by atoms with van der Waals surface area (Å²) in [7, 11) is 0. The minimum atomic E-state index is -6.46. The molecular weight excluding hydrogens is 416 g/mol. The van der Waals surface area contributed by atoms with Crippen LogP contribution in [0.2, 0.25) is 10.0 Å². The first-order chi connectivity index (χ1) is 11.8. The van der Waals surface area contributed by atoms with Crippen LogP contribution in [0.5, 0.6) is 0 Å². The molecule has 0 aliphatic carbocycles. The number of alkyl halides is 7. The molecule has 0 aliphatic rings. The predicted molar refractivity (Wildman–Crippen MR) is 80.8 cm³/mol. The molecule has 1 N–H and O–H groups in total. The number of hydrazone groups is 1. The maximum Gasteiger partial charge on any atom is 0.462 e. The van der Waals surface area contributed by atoms with Gasteiger partial charge in [0.1, 0.15) is 11.5 Å². The first kappa shape index (κ1) is 20.4. The molecule has 2 aromatic rings. The fourth-order valence-electron chi connectivity index (χ4n) is 1.68. The van der Waals surface area contributed by atoms with Crippen molar-refractivity contribution in [3.05, 3.63) is 46.1 Å². The molecule has 0 bridgehead atoms. The molecule has 0 unspecified atom stereocenters. The van der Waals surface area contributed by atoms with Gasteiger partial charge >= 0.3 is 18.1 Å². The molecule has 2 rings (SSSR count). The molecule has 26 heavy (non-hydrogen) atoms. The monoisotopic (exact) mass is 422 g/mol. The van der Waals surface area contributed by atoms with Crippen molar-refractivity contribution >= 4 is 29.4 Å². The summed E-state index contributed by atoms with van der Waals surface area (Å²) in [6.07, 6.45) is -5.95. The van der Waals surface area contributed by atoms with Crippen LogP contribution in [0.15, 0.2) is 39.9 Å². The standard InChI is InChI=1S/C14H7Cl2F7N2O/c15-7-1-3-9(10(16)5-7)11-4-2-8(26-11)6-24-25-14(22,23)12(17,18)13(19,20)21/h1-6,25H/b24-6-. The smallest absolute Gasteiger partial charge is 0.455 e. The second-order valence-corrected chi connectivity index (χ2v) is 5.69. The molecule has 0 saturated heterocycles. The van der Waals surface area contributed by atoms with Gasteiger partial charge in [-0.05, 0) is 30.3 Å². The highest BCUT2D eigenvalue weighted by Crippen LogP contribution is 2.45. The molecule has 0 fully saturated rings. The Kier molecular flexibility index (Phi) is 5.48. The highest BCUT2D eigenvalue weighted by atomic mass is 35.5. The molecule has 0 atom stereocenters. The summed E-state index contributed by atoms with van der Waals surface area (Å²) in [5.74, 6) is -6.35. The molecule has 0 amide bonds. The molecule has 12 heteroatoms. The second kappa shape index (κ2) is 6.99. The van der Waals surface area contributed by atoms with Gasteiger partial charge in [0.25, 0.3) is 0 Å². The molecule has 1 aromatic carbocycles. The minimum absolute atomic E-state index is 0.167. The van der Waals surface area contributed by atoms with E-state index in [1.807, 2.05) is 0 Å². The number of nitrogens with one attached hydrogen (secondary N) is 1. The molecule has 0 aliphatic heterocycles. The average molecular weight is 423 g/mol. The quantitative estimate of drug-likeness (QED) is 0.279. The Morgan fingerprint density at radius 1 is 0.962 bits per heavy atom. The maximum atomic E-state index is 13.0. The van der Waals surface area contributed by atoms with Crippen molar-refractivity contribution < 1.29 is 35.2 Å². The topological polar surface area (TPSA) is 37.5 Å². The third kappa shape index (κ3) is 4.07. The zero-order valence-corrected chi connectivity index (χ0v) is 13.7. The fourth-order valence-corrected chi connectivity index (χ4v) is 2.18. The summed E-state index contributed by atoms with van der Waals surface area (Å²) >= 11 is 11.7. The third-order valence-electron chi connectivity index (χ3n) is 2.97. The van der Waals surface area contributed by atoms with Crippen LogP contribution in [0, 0.1) is 0 Å². The fraction of sp³-hybridized carbons (Fsp3) is 0.214.